The maximum Gasteiger partial charge on any atom is 0.368 e. The molecule has 0 amide bonds. The molecule has 0 bridgehead atoms. The van der Waals surface area contributed by atoms with Crippen molar-refractivity contribution in [3.63, 3.8) is 0 Å². The molecule has 128 valence electrons. The topological polar surface area (TPSA) is 71.1 Å². The zero-order valence-electron chi connectivity index (χ0n) is 13.9. The number of carbonyl (C=O) groups excluding carboxylic acids is 1. The van der Waals surface area contributed by atoms with E-state index in [1.54, 1.807) is 45.0 Å². The van der Waals surface area contributed by atoms with E-state index in [1.165, 1.54) is 13.2 Å². The van der Waals surface area contributed by atoms with E-state index in [0.717, 1.165) is 0 Å². The second-order valence-corrected chi connectivity index (χ2v) is 6.32. The summed E-state index contributed by atoms with van der Waals surface area (Å²) in [6, 6.07) is 7.05. The molecule has 7 heteroatoms. The van der Waals surface area contributed by atoms with E-state index < -0.39 is 13.6 Å². The highest BCUT2D eigenvalue weighted by Gasteiger charge is 2.36. The first kappa shape index (κ1) is 19.4. The van der Waals surface area contributed by atoms with Gasteiger partial charge in [0.1, 0.15) is 11.1 Å². The Morgan fingerprint density at radius 2 is 1.70 bits per heavy atom. The molecule has 1 rings (SSSR count). The summed E-state index contributed by atoms with van der Waals surface area (Å²) >= 11 is 0. The second-order valence-electron chi connectivity index (χ2n) is 4.33. The highest BCUT2D eigenvalue weighted by atomic mass is 31.2. The lowest BCUT2D eigenvalue weighted by molar-refractivity contribution is -0.137. The number of ether oxygens (including phenoxy) is 2. The van der Waals surface area contributed by atoms with Crippen molar-refractivity contribution in [3.8, 4) is 5.75 Å². The predicted molar refractivity (Wildman–Crippen MR) is 88.5 cm³/mol. The van der Waals surface area contributed by atoms with Gasteiger partial charge in [0.05, 0.1) is 26.9 Å². The molecule has 0 saturated heterocycles. The van der Waals surface area contributed by atoms with Crippen molar-refractivity contribution in [1.82, 2.24) is 0 Å². The van der Waals surface area contributed by atoms with Crippen LogP contribution in [0.5, 0.6) is 5.75 Å². The monoisotopic (exact) mass is 342 g/mol. The number of methoxy groups -OCH3 is 1. The third-order valence-electron chi connectivity index (χ3n) is 2.81. The van der Waals surface area contributed by atoms with Crippen LogP contribution in [0.15, 0.2) is 29.6 Å². The van der Waals surface area contributed by atoms with Crippen LogP contribution in [0.4, 0.5) is 0 Å². The van der Waals surface area contributed by atoms with Gasteiger partial charge in [-0.3, -0.25) is 4.57 Å². The van der Waals surface area contributed by atoms with Gasteiger partial charge in [-0.15, -0.1) is 0 Å². The van der Waals surface area contributed by atoms with Gasteiger partial charge in [0.15, 0.2) is 0 Å². The van der Waals surface area contributed by atoms with Gasteiger partial charge in [0, 0.05) is 5.56 Å². The van der Waals surface area contributed by atoms with Gasteiger partial charge in [0.25, 0.3) is 0 Å². The molecule has 6 nitrogen and oxygen atoms in total. The first-order valence-electron chi connectivity index (χ1n) is 7.43. The smallest absolute Gasteiger partial charge is 0.368 e. The minimum Gasteiger partial charge on any atom is -0.496 e. The van der Waals surface area contributed by atoms with Crippen molar-refractivity contribution < 1.29 is 27.9 Å². The normalized spacial score (nSPS) is 12.1. The molecule has 0 aliphatic carbocycles. The van der Waals surface area contributed by atoms with Crippen LogP contribution in [0.3, 0.4) is 0 Å². The van der Waals surface area contributed by atoms with Crippen LogP contribution < -0.4 is 4.74 Å². The fourth-order valence-electron chi connectivity index (χ4n) is 1.90. The SMILES string of the molecule is CCOC(=O)C(=Cc1ccccc1OC)P(=O)(OCC)OCC. The van der Waals surface area contributed by atoms with Crippen molar-refractivity contribution in [2.75, 3.05) is 26.9 Å². The summed E-state index contributed by atoms with van der Waals surface area (Å²) in [7, 11) is -2.26. The molecule has 0 heterocycles. The van der Waals surface area contributed by atoms with E-state index >= 15 is 0 Å². The molecule has 0 aromatic heterocycles. The lowest BCUT2D eigenvalue weighted by Crippen LogP contribution is -2.11. The summed E-state index contributed by atoms with van der Waals surface area (Å²) in [5.41, 5.74) is 0.581. The van der Waals surface area contributed by atoms with Crippen molar-refractivity contribution in [1.29, 1.82) is 0 Å². The molecule has 0 spiro atoms. The van der Waals surface area contributed by atoms with Gasteiger partial charge in [-0.1, -0.05) is 18.2 Å². The Labute approximate surface area is 136 Å². The molecule has 0 aliphatic heterocycles. The number of hydrogen-bond acceptors (Lipinski definition) is 6. The number of para-hydroxylation sites is 1. The zero-order valence-corrected chi connectivity index (χ0v) is 14.8. The molecule has 0 unspecified atom stereocenters. The molecule has 0 atom stereocenters. The van der Waals surface area contributed by atoms with Gasteiger partial charge in [-0.25, -0.2) is 4.79 Å². The van der Waals surface area contributed by atoms with Crippen molar-refractivity contribution in [3.05, 3.63) is 35.1 Å². The maximum atomic E-state index is 13.0. The van der Waals surface area contributed by atoms with E-state index in [4.69, 9.17) is 18.5 Å². The fraction of sp³-hybridized carbons (Fsp3) is 0.438. The van der Waals surface area contributed by atoms with Gasteiger partial charge in [0.2, 0.25) is 0 Å². The van der Waals surface area contributed by atoms with Gasteiger partial charge in [-0.2, -0.15) is 0 Å². The standard InChI is InChI=1S/C16H23O6P/c1-5-20-16(17)15(23(18,21-6-2)22-7-3)12-13-10-8-9-11-14(13)19-4/h8-12H,5-7H2,1-4H3. The third-order valence-corrected chi connectivity index (χ3v) is 4.91. The number of benzene rings is 1. The first-order chi connectivity index (χ1) is 11.0. The zero-order chi connectivity index (χ0) is 17.3. The van der Waals surface area contributed by atoms with Crippen LogP contribution in [0.1, 0.15) is 26.3 Å². The lowest BCUT2D eigenvalue weighted by atomic mass is 10.2. The summed E-state index contributed by atoms with van der Waals surface area (Å²) in [6.07, 6.45) is 1.43. The average Bonchev–Trinajstić information content (AvgIpc) is 2.53. The van der Waals surface area contributed by atoms with Crippen molar-refractivity contribution in [2.24, 2.45) is 0 Å². The molecule has 1 aromatic rings. The predicted octanol–water partition coefficient (Wildman–Crippen LogP) is 3.87. The third kappa shape index (κ3) is 5.20. The van der Waals surface area contributed by atoms with Crippen LogP contribution in [-0.4, -0.2) is 32.9 Å². The number of carbonyl (C=O) groups is 1. The fourth-order valence-corrected chi connectivity index (χ4v) is 3.52. The molecule has 1 aromatic carbocycles. The molecule has 23 heavy (non-hydrogen) atoms. The molecular weight excluding hydrogens is 319 g/mol. The van der Waals surface area contributed by atoms with Gasteiger partial charge < -0.3 is 18.5 Å². The summed E-state index contributed by atoms with van der Waals surface area (Å²) in [4.78, 5) is 12.3. The van der Waals surface area contributed by atoms with E-state index in [9.17, 15) is 9.36 Å². The number of hydrogen-bond donors (Lipinski definition) is 0. The van der Waals surface area contributed by atoms with E-state index in [0.29, 0.717) is 11.3 Å². The minimum absolute atomic E-state index is 0.139. The Hall–Kier alpha value is -1.62. The largest absolute Gasteiger partial charge is 0.496 e. The molecular formula is C16H23O6P. The molecule has 0 N–H and O–H groups in total. The minimum atomic E-state index is -3.78. The average molecular weight is 342 g/mol. The Morgan fingerprint density at radius 3 is 2.22 bits per heavy atom. The Kier molecular flexibility index (Phi) is 8.03. The van der Waals surface area contributed by atoms with E-state index in [1.807, 2.05) is 0 Å². The van der Waals surface area contributed by atoms with Crippen molar-refractivity contribution in [2.45, 2.75) is 20.8 Å². The highest BCUT2D eigenvalue weighted by Crippen LogP contribution is 2.57. The molecule has 0 fully saturated rings. The summed E-state index contributed by atoms with van der Waals surface area (Å²) in [5, 5.41) is -0.146. The number of esters is 1. The summed E-state index contributed by atoms with van der Waals surface area (Å²) in [5.74, 6) is -0.197. The van der Waals surface area contributed by atoms with E-state index in [2.05, 4.69) is 0 Å². The summed E-state index contributed by atoms with van der Waals surface area (Å²) in [6.45, 7) is 5.46. The Morgan fingerprint density at radius 1 is 1.09 bits per heavy atom. The quantitative estimate of drug-likeness (QED) is 0.385. The van der Waals surface area contributed by atoms with E-state index in [-0.39, 0.29) is 25.1 Å². The van der Waals surface area contributed by atoms with Crippen LogP contribution in [-0.2, 0) is 23.1 Å². The second kappa shape index (κ2) is 9.50. The highest BCUT2D eigenvalue weighted by molar-refractivity contribution is 7.60. The maximum absolute atomic E-state index is 13.0. The van der Waals surface area contributed by atoms with Crippen LogP contribution in [0.2, 0.25) is 0 Å². The van der Waals surface area contributed by atoms with Crippen LogP contribution in [0, 0.1) is 0 Å². The molecule has 0 aliphatic rings. The van der Waals surface area contributed by atoms with Gasteiger partial charge >= 0.3 is 13.6 Å². The first-order valence-corrected chi connectivity index (χ1v) is 8.98. The van der Waals surface area contributed by atoms with Gasteiger partial charge in [-0.05, 0) is 32.9 Å². The molecule has 0 saturated carbocycles. The Balaban J connectivity index is 3.42. The molecule has 0 radical (unpaired) electrons. The lowest BCUT2D eigenvalue weighted by Gasteiger charge is -2.19. The van der Waals surface area contributed by atoms with Crippen LogP contribution >= 0.6 is 7.60 Å². The number of rotatable bonds is 9. The Bertz CT molecular complexity index is 586. The van der Waals surface area contributed by atoms with Crippen LogP contribution in [0.25, 0.3) is 6.08 Å². The summed E-state index contributed by atoms with van der Waals surface area (Å²) < 4.78 is 33.8. The van der Waals surface area contributed by atoms with Crippen molar-refractivity contribution >= 4 is 19.6 Å².